The Hall–Kier alpha value is -0.890. The Kier molecular flexibility index (Phi) is 3.94. The maximum atomic E-state index is 12.8. The molecule has 0 bridgehead atoms. The molecule has 1 fully saturated rings. The van der Waals surface area contributed by atoms with E-state index in [-0.39, 0.29) is 5.82 Å². The SMILES string of the molecule is NCC(Cc1ccc(F)cc1)C1CCCC1. The zero-order chi connectivity index (χ0) is 11.4. The standard InChI is InChI=1S/C14H20FN/c15-14-7-5-11(6-8-14)9-13(10-16)12-3-1-2-4-12/h5-8,12-13H,1-4,9-10,16H2. The van der Waals surface area contributed by atoms with E-state index in [1.165, 1.54) is 43.4 Å². The highest BCUT2D eigenvalue weighted by molar-refractivity contribution is 5.16. The zero-order valence-electron chi connectivity index (χ0n) is 9.66. The zero-order valence-corrected chi connectivity index (χ0v) is 9.66. The van der Waals surface area contributed by atoms with Gasteiger partial charge in [-0.25, -0.2) is 4.39 Å². The summed E-state index contributed by atoms with van der Waals surface area (Å²) in [6, 6.07) is 6.84. The molecule has 1 atom stereocenters. The topological polar surface area (TPSA) is 26.0 Å². The van der Waals surface area contributed by atoms with Crippen molar-refractivity contribution in [2.75, 3.05) is 6.54 Å². The Bertz CT molecular complexity index is 314. The Morgan fingerprint density at radius 1 is 1.19 bits per heavy atom. The molecule has 0 aliphatic heterocycles. The van der Waals surface area contributed by atoms with E-state index in [1.54, 1.807) is 0 Å². The lowest BCUT2D eigenvalue weighted by molar-refractivity contribution is 0.344. The molecule has 1 aliphatic rings. The van der Waals surface area contributed by atoms with Gasteiger partial charge in [0.25, 0.3) is 0 Å². The maximum absolute atomic E-state index is 12.8. The van der Waals surface area contributed by atoms with Crippen LogP contribution in [0.1, 0.15) is 31.2 Å². The van der Waals surface area contributed by atoms with Gasteiger partial charge in [-0.2, -0.15) is 0 Å². The number of hydrogen-bond donors (Lipinski definition) is 1. The van der Waals surface area contributed by atoms with Crippen molar-refractivity contribution in [3.05, 3.63) is 35.6 Å². The number of nitrogens with two attached hydrogens (primary N) is 1. The third-order valence-corrected chi connectivity index (χ3v) is 3.78. The van der Waals surface area contributed by atoms with Gasteiger partial charge < -0.3 is 5.73 Å². The lowest BCUT2D eigenvalue weighted by atomic mass is 9.86. The van der Waals surface area contributed by atoms with Crippen LogP contribution in [0.15, 0.2) is 24.3 Å². The molecule has 0 radical (unpaired) electrons. The van der Waals surface area contributed by atoms with Crippen molar-refractivity contribution in [1.29, 1.82) is 0 Å². The second kappa shape index (κ2) is 5.44. The minimum absolute atomic E-state index is 0.158. The monoisotopic (exact) mass is 221 g/mol. The highest BCUT2D eigenvalue weighted by Gasteiger charge is 2.23. The molecule has 88 valence electrons. The fourth-order valence-corrected chi connectivity index (χ4v) is 2.79. The van der Waals surface area contributed by atoms with E-state index in [0.29, 0.717) is 5.92 Å². The summed E-state index contributed by atoms with van der Waals surface area (Å²) in [6.45, 7) is 0.752. The number of hydrogen-bond acceptors (Lipinski definition) is 1. The molecule has 1 aromatic rings. The van der Waals surface area contributed by atoms with E-state index < -0.39 is 0 Å². The van der Waals surface area contributed by atoms with Crippen LogP contribution in [-0.4, -0.2) is 6.54 Å². The van der Waals surface area contributed by atoms with Gasteiger partial charge in [-0.1, -0.05) is 37.8 Å². The predicted molar refractivity (Wildman–Crippen MR) is 64.6 cm³/mol. The van der Waals surface area contributed by atoms with Gasteiger partial charge >= 0.3 is 0 Å². The first-order valence-electron chi connectivity index (χ1n) is 6.24. The van der Waals surface area contributed by atoms with Gasteiger partial charge in [0.15, 0.2) is 0 Å². The van der Waals surface area contributed by atoms with Crippen molar-refractivity contribution >= 4 is 0 Å². The number of benzene rings is 1. The molecule has 0 aromatic heterocycles. The quantitative estimate of drug-likeness (QED) is 0.830. The largest absolute Gasteiger partial charge is 0.330 e. The highest BCUT2D eigenvalue weighted by Crippen LogP contribution is 2.32. The Labute approximate surface area is 96.9 Å². The van der Waals surface area contributed by atoms with Gasteiger partial charge in [0.2, 0.25) is 0 Å². The molecule has 16 heavy (non-hydrogen) atoms. The van der Waals surface area contributed by atoms with Crippen molar-refractivity contribution in [3.8, 4) is 0 Å². The van der Waals surface area contributed by atoms with Crippen LogP contribution in [0.2, 0.25) is 0 Å². The van der Waals surface area contributed by atoms with Crippen LogP contribution in [0.25, 0.3) is 0 Å². The summed E-state index contributed by atoms with van der Waals surface area (Å²) < 4.78 is 12.8. The summed E-state index contributed by atoms with van der Waals surface area (Å²) in [6.07, 6.45) is 6.35. The van der Waals surface area contributed by atoms with Crippen LogP contribution in [-0.2, 0) is 6.42 Å². The van der Waals surface area contributed by atoms with Gasteiger partial charge in [-0.3, -0.25) is 0 Å². The molecule has 1 nitrogen and oxygen atoms in total. The number of halogens is 1. The Morgan fingerprint density at radius 2 is 1.81 bits per heavy atom. The average Bonchev–Trinajstić information content (AvgIpc) is 2.82. The second-order valence-electron chi connectivity index (χ2n) is 4.87. The van der Waals surface area contributed by atoms with Crippen LogP contribution in [0.3, 0.4) is 0 Å². The molecule has 0 saturated heterocycles. The van der Waals surface area contributed by atoms with E-state index in [2.05, 4.69) is 0 Å². The lowest BCUT2D eigenvalue weighted by Gasteiger charge is -2.21. The van der Waals surface area contributed by atoms with E-state index in [4.69, 9.17) is 5.73 Å². The summed E-state index contributed by atoms with van der Waals surface area (Å²) in [5.74, 6) is 1.21. The minimum atomic E-state index is -0.158. The molecular formula is C14H20FN. The van der Waals surface area contributed by atoms with E-state index >= 15 is 0 Å². The van der Waals surface area contributed by atoms with Crippen LogP contribution in [0.5, 0.6) is 0 Å². The molecule has 0 heterocycles. The van der Waals surface area contributed by atoms with E-state index in [1.807, 2.05) is 12.1 Å². The van der Waals surface area contributed by atoms with Gasteiger partial charge in [0.1, 0.15) is 5.82 Å². The summed E-state index contributed by atoms with van der Waals surface area (Å²) in [5, 5.41) is 0. The van der Waals surface area contributed by atoms with Gasteiger partial charge in [0.05, 0.1) is 0 Å². The third-order valence-electron chi connectivity index (χ3n) is 3.78. The second-order valence-corrected chi connectivity index (χ2v) is 4.87. The fraction of sp³-hybridized carbons (Fsp3) is 0.571. The summed E-state index contributed by atoms with van der Waals surface area (Å²) >= 11 is 0. The molecule has 1 saturated carbocycles. The van der Waals surface area contributed by atoms with E-state index in [9.17, 15) is 4.39 Å². The van der Waals surface area contributed by atoms with Gasteiger partial charge in [-0.15, -0.1) is 0 Å². The van der Waals surface area contributed by atoms with Crippen LogP contribution < -0.4 is 5.73 Å². The third kappa shape index (κ3) is 2.82. The van der Waals surface area contributed by atoms with Crippen LogP contribution in [0.4, 0.5) is 4.39 Å². The molecule has 2 N–H and O–H groups in total. The van der Waals surface area contributed by atoms with Crippen molar-refractivity contribution in [2.45, 2.75) is 32.1 Å². The minimum Gasteiger partial charge on any atom is -0.330 e. The predicted octanol–water partition coefficient (Wildman–Crippen LogP) is 3.13. The Balaban J connectivity index is 1.97. The first kappa shape index (κ1) is 11.6. The van der Waals surface area contributed by atoms with Gasteiger partial charge in [-0.05, 0) is 42.5 Å². The molecule has 1 unspecified atom stereocenters. The lowest BCUT2D eigenvalue weighted by Crippen LogP contribution is -2.23. The summed E-state index contributed by atoms with van der Waals surface area (Å²) in [5.41, 5.74) is 7.07. The normalized spacial score (nSPS) is 18.9. The van der Waals surface area contributed by atoms with Crippen molar-refractivity contribution in [3.63, 3.8) is 0 Å². The first-order valence-corrected chi connectivity index (χ1v) is 6.24. The Morgan fingerprint density at radius 3 is 2.38 bits per heavy atom. The molecule has 0 spiro atoms. The summed E-state index contributed by atoms with van der Waals surface area (Å²) in [4.78, 5) is 0. The molecule has 2 rings (SSSR count). The average molecular weight is 221 g/mol. The van der Waals surface area contributed by atoms with Crippen LogP contribution in [0, 0.1) is 17.7 Å². The maximum Gasteiger partial charge on any atom is 0.123 e. The smallest absolute Gasteiger partial charge is 0.123 e. The van der Waals surface area contributed by atoms with Crippen molar-refractivity contribution < 1.29 is 4.39 Å². The highest BCUT2D eigenvalue weighted by atomic mass is 19.1. The summed E-state index contributed by atoms with van der Waals surface area (Å²) in [7, 11) is 0. The van der Waals surface area contributed by atoms with Crippen LogP contribution >= 0.6 is 0 Å². The molecule has 0 amide bonds. The molecule has 1 aliphatic carbocycles. The molecular weight excluding hydrogens is 201 g/mol. The van der Waals surface area contributed by atoms with Gasteiger partial charge in [0, 0.05) is 0 Å². The molecule has 2 heteroatoms. The fourth-order valence-electron chi connectivity index (χ4n) is 2.79. The first-order chi connectivity index (χ1) is 7.79. The molecule has 1 aromatic carbocycles. The van der Waals surface area contributed by atoms with E-state index in [0.717, 1.165) is 18.9 Å². The van der Waals surface area contributed by atoms with Crippen molar-refractivity contribution in [2.24, 2.45) is 17.6 Å². The van der Waals surface area contributed by atoms with Crippen molar-refractivity contribution in [1.82, 2.24) is 0 Å². The number of rotatable bonds is 4.